The number of Topliss-reactive ketones (excluding diaryl/α,β-unsaturated/α-hetero) is 1. The Bertz CT molecular complexity index is 1150. The third-order valence-corrected chi connectivity index (χ3v) is 5.07. The van der Waals surface area contributed by atoms with Crippen LogP contribution < -0.4 is 0 Å². The molecule has 0 atom stereocenters. The van der Waals surface area contributed by atoms with E-state index in [1.165, 1.54) is 0 Å². The second kappa shape index (κ2) is 8.08. The van der Waals surface area contributed by atoms with Crippen LogP contribution >= 0.6 is 0 Å². The lowest BCUT2D eigenvalue weighted by atomic mass is 10.1. The molecule has 160 valence electrons. The van der Waals surface area contributed by atoms with Gasteiger partial charge in [-0.2, -0.15) is 0 Å². The molecule has 8 nitrogen and oxygen atoms in total. The van der Waals surface area contributed by atoms with Crippen molar-refractivity contribution in [3.8, 4) is 0 Å². The molecule has 0 saturated heterocycles. The van der Waals surface area contributed by atoms with Crippen LogP contribution in [0.15, 0.2) is 4.99 Å². The van der Waals surface area contributed by atoms with Gasteiger partial charge < -0.3 is 9.13 Å². The van der Waals surface area contributed by atoms with Gasteiger partial charge in [-0.05, 0) is 62.3 Å². The first-order chi connectivity index (χ1) is 14.0. The smallest absolute Gasteiger partial charge is 0.190 e. The van der Waals surface area contributed by atoms with Crippen molar-refractivity contribution in [3.05, 3.63) is 28.9 Å². The number of carbonyl (C=O) groups excluding carboxylic acids is 1. The summed E-state index contributed by atoms with van der Waals surface area (Å²) in [6.07, 6.45) is 0.404. The third-order valence-electron chi connectivity index (χ3n) is 5.07. The second-order valence-corrected chi connectivity index (χ2v) is 8.39. The van der Waals surface area contributed by atoms with E-state index in [1.807, 2.05) is 39.2 Å². The maximum atomic E-state index is 11.7. The number of aliphatic imine (C=N–C) groups is 1. The molecule has 0 N–H and O–H groups in total. The number of hydrogen-bond acceptors (Lipinski definition) is 6. The fourth-order valence-electron chi connectivity index (χ4n) is 3.96. The number of rotatable bonds is 2. The molecule has 0 fully saturated rings. The van der Waals surface area contributed by atoms with E-state index in [2.05, 4.69) is 57.2 Å². The molecule has 0 amide bonds. The average Bonchev–Trinajstić information content (AvgIpc) is 3.12. The summed E-state index contributed by atoms with van der Waals surface area (Å²) >= 11 is 0. The molecule has 0 saturated carbocycles. The van der Waals surface area contributed by atoms with Crippen LogP contribution in [0.5, 0.6) is 0 Å². The summed E-state index contributed by atoms with van der Waals surface area (Å²) in [5.41, 5.74) is 4.24. The molecule has 0 radical (unpaired) electrons. The van der Waals surface area contributed by atoms with Gasteiger partial charge in [-0.25, -0.2) is 24.9 Å². The largest absolute Gasteiger partial charge is 0.310 e. The monoisotopic (exact) mass is 409 g/mol. The zero-order chi connectivity index (χ0) is 22.3. The number of fused-ring (bicyclic) bond motifs is 2. The third kappa shape index (κ3) is 3.91. The molecule has 0 aromatic carbocycles. The maximum Gasteiger partial charge on any atom is 0.190 e. The van der Waals surface area contributed by atoms with Crippen molar-refractivity contribution < 1.29 is 4.79 Å². The van der Waals surface area contributed by atoms with Gasteiger partial charge in [-0.15, -0.1) is 0 Å². The van der Waals surface area contributed by atoms with Crippen LogP contribution in [0, 0.1) is 27.7 Å². The molecular formula is C22H31N7O. The van der Waals surface area contributed by atoms with E-state index in [4.69, 9.17) is 0 Å². The average molecular weight is 410 g/mol. The first-order valence-corrected chi connectivity index (χ1v) is 10.4. The van der Waals surface area contributed by atoms with E-state index in [1.54, 1.807) is 0 Å². The van der Waals surface area contributed by atoms with Gasteiger partial charge >= 0.3 is 0 Å². The minimum absolute atomic E-state index is 0.0833. The van der Waals surface area contributed by atoms with Crippen molar-refractivity contribution in [1.82, 2.24) is 29.1 Å². The van der Waals surface area contributed by atoms with Gasteiger partial charge in [0.15, 0.2) is 22.9 Å². The van der Waals surface area contributed by atoms with Gasteiger partial charge in [0.2, 0.25) is 0 Å². The van der Waals surface area contributed by atoms with Gasteiger partial charge in [0.1, 0.15) is 23.0 Å². The first kappa shape index (κ1) is 21.8. The Balaban J connectivity index is 0.000000171. The van der Waals surface area contributed by atoms with E-state index in [0.29, 0.717) is 18.2 Å². The van der Waals surface area contributed by atoms with Crippen LogP contribution in [0.2, 0.25) is 0 Å². The Morgan fingerprint density at radius 2 is 1.40 bits per heavy atom. The molecule has 1 aliphatic rings. The molecule has 8 heteroatoms. The fourth-order valence-corrected chi connectivity index (χ4v) is 3.96. The molecule has 3 aromatic heterocycles. The van der Waals surface area contributed by atoms with E-state index in [9.17, 15) is 4.79 Å². The van der Waals surface area contributed by atoms with Crippen LogP contribution in [0.25, 0.3) is 11.2 Å². The lowest BCUT2D eigenvalue weighted by Crippen LogP contribution is -2.12. The van der Waals surface area contributed by atoms with Gasteiger partial charge in [0.05, 0.1) is 12.1 Å². The Labute approximate surface area is 177 Å². The van der Waals surface area contributed by atoms with Crippen LogP contribution in [-0.2, 0) is 0 Å². The van der Waals surface area contributed by atoms with Crippen LogP contribution in [0.1, 0.15) is 86.8 Å². The number of aryl methyl sites for hydroxylation is 4. The SMILES string of the molecule is CC1=Nc2c(nc(C)n2C(C)C)C(=O)C1.Cc1nc(C)c2nc(C)n(C(C)C)c2n1. The molecule has 3 aromatic rings. The maximum absolute atomic E-state index is 11.7. The zero-order valence-electron chi connectivity index (χ0n) is 19.4. The number of nitrogens with zero attached hydrogens (tertiary/aromatic N) is 7. The number of imidazole rings is 2. The number of carbonyl (C=O) groups is 1. The molecule has 0 bridgehead atoms. The molecule has 4 heterocycles. The minimum atomic E-state index is 0.0833. The highest BCUT2D eigenvalue weighted by atomic mass is 16.1. The van der Waals surface area contributed by atoms with Crippen LogP contribution in [-0.4, -0.2) is 40.6 Å². The predicted octanol–water partition coefficient (Wildman–Crippen LogP) is 4.78. The van der Waals surface area contributed by atoms with Gasteiger partial charge in [-0.1, -0.05) is 0 Å². The summed E-state index contributed by atoms with van der Waals surface area (Å²) < 4.78 is 4.16. The molecular weight excluding hydrogens is 378 g/mol. The molecule has 0 aliphatic carbocycles. The van der Waals surface area contributed by atoms with Crippen molar-refractivity contribution in [1.29, 1.82) is 0 Å². The fraction of sp³-hybridized carbons (Fsp3) is 0.545. The first-order valence-electron chi connectivity index (χ1n) is 10.4. The topological polar surface area (TPSA) is 90.9 Å². The quantitative estimate of drug-likeness (QED) is 0.607. The van der Waals surface area contributed by atoms with Crippen LogP contribution in [0.3, 0.4) is 0 Å². The Hall–Kier alpha value is -2.90. The van der Waals surface area contributed by atoms with Gasteiger partial charge in [0.25, 0.3) is 0 Å². The van der Waals surface area contributed by atoms with Crippen LogP contribution in [0.4, 0.5) is 5.82 Å². The van der Waals surface area contributed by atoms with Crippen molar-refractivity contribution in [2.75, 3.05) is 0 Å². The van der Waals surface area contributed by atoms with Crippen molar-refractivity contribution in [2.45, 2.75) is 80.8 Å². The summed E-state index contributed by atoms with van der Waals surface area (Å²) in [6, 6.07) is 0.660. The van der Waals surface area contributed by atoms with E-state index >= 15 is 0 Å². The van der Waals surface area contributed by atoms with Gasteiger partial charge in [0, 0.05) is 17.8 Å². The Morgan fingerprint density at radius 1 is 0.800 bits per heavy atom. The molecule has 0 unspecified atom stereocenters. The molecule has 0 spiro atoms. The Kier molecular flexibility index (Phi) is 5.87. The zero-order valence-corrected chi connectivity index (χ0v) is 19.4. The number of hydrogen-bond donors (Lipinski definition) is 0. The van der Waals surface area contributed by atoms with Crippen molar-refractivity contribution in [3.63, 3.8) is 0 Å². The van der Waals surface area contributed by atoms with Gasteiger partial charge in [-0.3, -0.25) is 4.79 Å². The van der Waals surface area contributed by atoms with E-state index in [-0.39, 0.29) is 11.8 Å². The highest BCUT2D eigenvalue weighted by molar-refractivity contribution is 6.13. The summed E-state index contributed by atoms with van der Waals surface area (Å²) in [6.45, 7) is 18.1. The normalized spacial score (nSPS) is 13.6. The summed E-state index contributed by atoms with van der Waals surface area (Å²) in [5.74, 6) is 3.49. The number of ketones is 1. The lowest BCUT2D eigenvalue weighted by molar-refractivity contribution is 0.0995. The molecule has 30 heavy (non-hydrogen) atoms. The highest BCUT2D eigenvalue weighted by Crippen LogP contribution is 2.29. The standard InChI is InChI=1S/C11H16N4.C11H15N3O/c1-6(2)15-9(5)14-10-7(3)12-8(4)13-11(10)15;1-6(2)14-8(4)13-10-9(15)5-7(3)12-11(10)14/h6H,1-5H3;6H,5H2,1-4H3. The Morgan fingerprint density at radius 3 is 2.00 bits per heavy atom. The number of aromatic nitrogens is 6. The summed E-state index contributed by atoms with van der Waals surface area (Å²) in [7, 11) is 0. The van der Waals surface area contributed by atoms with Crippen molar-refractivity contribution in [2.24, 2.45) is 4.99 Å². The summed E-state index contributed by atoms with van der Waals surface area (Å²) in [4.78, 5) is 33.8. The predicted molar refractivity (Wildman–Crippen MR) is 119 cm³/mol. The van der Waals surface area contributed by atoms with E-state index < -0.39 is 0 Å². The highest BCUT2D eigenvalue weighted by Gasteiger charge is 2.25. The lowest BCUT2D eigenvalue weighted by Gasteiger charge is -2.14. The molecule has 4 rings (SSSR count). The molecule has 1 aliphatic heterocycles. The summed E-state index contributed by atoms with van der Waals surface area (Å²) in [5, 5.41) is 0. The van der Waals surface area contributed by atoms with Crippen molar-refractivity contribution >= 4 is 28.5 Å². The minimum Gasteiger partial charge on any atom is -0.310 e. The van der Waals surface area contributed by atoms with E-state index in [0.717, 1.165) is 45.9 Å². The second-order valence-electron chi connectivity index (χ2n) is 8.39.